The average molecular weight is 284 g/mol. The van der Waals surface area contributed by atoms with Gasteiger partial charge in [0.25, 0.3) is 0 Å². The summed E-state index contributed by atoms with van der Waals surface area (Å²) in [4.78, 5) is 8.52. The van der Waals surface area contributed by atoms with E-state index in [2.05, 4.69) is 30.6 Å². The summed E-state index contributed by atoms with van der Waals surface area (Å²) >= 11 is 0. The number of hydrogen-bond donors (Lipinski definition) is 2. The zero-order chi connectivity index (χ0) is 14.1. The third-order valence-corrected chi connectivity index (χ3v) is 3.20. The lowest BCUT2D eigenvalue weighted by Crippen LogP contribution is -2.08. The van der Waals surface area contributed by atoms with Gasteiger partial charge in [0, 0.05) is 12.6 Å². The molecule has 0 saturated carbocycles. The fourth-order valence-corrected chi connectivity index (χ4v) is 2.19. The Hall–Kier alpha value is -2.74. The van der Waals surface area contributed by atoms with Crippen molar-refractivity contribution in [3.63, 3.8) is 0 Å². The number of hydrogen-bond acceptors (Lipinski definition) is 7. The standard InChI is InChI=1S/C13H12N6O2/c1-2-5-14-10(3-1)15-13-16-12(17-18-13)11-8-7-20-6-4-9(8)21-19-11/h1-3,5H,4,6-7H2,(H2,14,15,16,17,18). The van der Waals surface area contributed by atoms with Crippen LogP contribution in [0.5, 0.6) is 0 Å². The molecule has 8 nitrogen and oxygen atoms in total. The van der Waals surface area contributed by atoms with Crippen LogP contribution in [0.3, 0.4) is 0 Å². The molecule has 0 unspecified atom stereocenters. The Kier molecular flexibility index (Phi) is 2.86. The van der Waals surface area contributed by atoms with Crippen LogP contribution in [0.4, 0.5) is 11.8 Å². The maximum absolute atomic E-state index is 5.43. The number of aromatic nitrogens is 5. The number of ether oxygens (including phenoxy) is 1. The Morgan fingerprint density at radius 3 is 3.19 bits per heavy atom. The summed E-state index contributed by atoms with van der Waals surface area (Å²) in [6.45, 7) is 1.14. The van der Waals surface area contributed by atoms with Crippen molar-refractivity contribution in [2.45, 2.75) is 13.0 Å². The smallest absolute Gasteiger partial charge is 0.248 e. The van der Waals surface area contributed by atoms with Crippen molar-refractivity contribution in [2.24, 2.45) is 0 Å². The van der Waals surface area contributed by atoms with Gasteiger partial charge in [0.15, 0.2) is 11.5 Å². The van der Waals surface area contributed by atoms with E-state index in [0.29, 0.717) is 36.5 Å². The molecule has 4 rings (SSSR count). The third kappa shape index (κ3) is 2.25. The molecule has 0 amide bonds. The number of H-pyrrole nitrogens is 1. The lowest BCUT2D eigenvalue weighted by molar-refractivity contribution is 0.103. The largest absolute Gasteiger partial charge is 0.376 e. The van der Waals surface area contributed by atoms with E-state index in [0.717, 1.165) is 17.7 Å². The molecule has 106 valence electrons. The second-order valence-electron chi connectivity index (χ2n) is 4.58. The zero-order valence-corrected chi connectivity index (χ0v) is 11.0. The second-order valence-corrected chi connectivity index (χ2v) is 4.58. The van der Waals surface area contributed by atoms with Crippen LogP contribution in [-0.4, -0.2) is 31.9 Å². The first-order valence-corrected chi connectivity index (χ1v) is 6.56. The Bertz CT molecular complexity index is 751. The maximum Gasteiger partial charge on any atom is 0.248 e. The summed E-state index contributed by atoms with van der Waals surface area (Å²) < 4.78 is 10.7. The summed E-state index contributed by atoms with van der Waals surface area (Å²) in [5, 5.41) is 14.0. The predicted octanol–water partition coefficient (Wildman–Crippen LogP) is 1.67. The lowest BCUT2D eigenvalue weighted by atomic mass is 10.1. The van der Waals surface area contributed by atoms with Crippen LogP contribution in [0.2, 0.25) is 0 Å². The van der Waals surface area contributed by atoms with Gasteiger partial charge in [-0.3, -0.25) is 5.10 Å². The molecule has 0 atom stereocenters. The predicted molar refractivity (Wildman–Crippen MR) is 72.8 cm³/mol. The molecule has 1 aliphatic rings. The molecule has 4 heterocycles. The Balaban J connectivity index is 1.61. The van der Waals surface area contributed by atoms with Crippen molar-refractivity contribution in [3.05, 3.63) is 35.7 Å². The number of rotatable bonds is 3. The number of fused-ring (bicyclic) bond motifs is 1. The normalized spacial score (nSPS) is 13.9. The molecule has 1 aliphatic heterocycles. The van der Waals surface area contributed by atoms with E-state index in [1.54, 1.807) is 6.20 Å². The Morgan fingerprint density at radius 2 is 2.29 bits per heavy atom. The van der Waals surface area contributed by atoms with Gasteiger partial charge in [-0.15, -0.1) is 5.10 Å². The molecule has 0 fully saturated rings. The van der Waals surface area contributed by atoms with Gasteiger partial charge in [0.1, 0.15) is 11.6 Å². The fraction of sp³-hybridized carbons (Fsp3) is 0.231. The van der Waals surface area contributed by atoms with Crippen LogP contribution < -0.4 is 5.32 Å². The average Bonchev–Trinajstić information content (AvgIpc) is 3.14. The van der Waals surface area contributed by atoms with E-state index in [9.17, 15) is 0 Å². The summed E-state index contributed by atoms with van der Waals surface area (Å²) in [5.74, 6) is 2.50. The molecule has 3 aromatic heterocycles. The van der Waals surface area contributed by atoms with Crippen molar-refractivity contribution in [2.75, 3.05) is 11.9 Å². The van der Waals surface area contributed by atoms with Crippen LogP contribution in [0, 0.1) is 0 Å². The van der Waals surface area contributed by atoms with Gasteiger partial charge >= 0.3 is 0 Å². The quantitative estimate of drug-likeness (QED) is 0.754. The minimum atomic E-state index is 0.428. The highest BCUT2D eigenvalue weighted by Gasteiger charge is 2.23. The van der Waals surface area contributed by atoms with Gasteiger partial charge in [-0.25, -0.2) is 4.98 Å². The Morgan fingerprint density at radius 1 is 1.29 bits per heavy atom. The Labute approximate surface area is 119 Å². The van der Waals surface area contributed by atoms with Crippen LogP contribution in [-0.2, 0) is 17.8 Å². The topological polar surface area (TPSA) is 102 Å². The van der Waals surface area contributed by atoms with Crippen molar-refractivity contribution in [1.29, 1.82) is 0 Å². The number of nitrogens with zero attached hydrogens (tertiary/aromatic N) is 4. The monoisotopic (exact) mass is 284 g/mol. The van der Waals surface area contributed by atoms with Crippen LogP contribution in [0.25, 0.3) is 11.5 Å². The van der Waals surface area contributed by atoms with Gasteiger partial charge < -0.3 is 14.6 Å². The molecule has 0 spiro atoms. The minimum Gasteiger partial charge on any atom is -0.376 e. The molecule has 2 N–H and O–H groups in total. The fourth-order valence-electron chi connectivity index (χ4n) is 2.19. The van der Waals surface area contributed by atoms with Gasteiger partial charge in [-0.2, -0.15) is 4.98 Å². The maximum atomic E-state index is 5.43. The van der Waals surface area contributed by atoms with Gasteiger partial charge in [-0.1, -0.05) is 11.2 Å². The highest BCUT2D eigenvalue weighted by molar-refractivity contribution is 5.58. The molecule has 0 aliphatic carbocycles. The molecule has 0 radical (unpaired) electrons. The van der Waals surface area contributed by atoms with Crippen LogP contribution in [0.1, 0.15) is 11.3 Å². The van der Waals surface area contributed by atoms with Crippen molar-refractivity contribution < 1.29 is 9.26 Å². The van der Waals surface area contributed by atoms with Gasteiger partial charge in [-0.05, 0) is 12.1 Å². The molecular weight excluding hydrogens is 272 g/mol. The van der Waals surface area contributed by atoms with E-state index in [4.69, 9.17) is 9.26 Å². The number of nitrogens with one attached hydrogen (secondary N) is 2. The molecule has 8 heteroatoms. The van der Waals surface area contributed by atoms with E-state index in [-0.39, 0.29) is 0 Å². The van der Waals surface area contributed by atoms with E-state index in [1.807, 2.05) is 18.2 Å². The number of anilines is 2. The van der Waals surface area contributed by atoms with Crippen molar-refractivity contribution >= 4 is 11.8 Å². The summed E-state index contributed by atoms with van der Waals surface area (Å²) in [6, 6.07) is 5.56. The molecule has 0 saturated heterocycles. The molecule has 0 bridgehead atoms. The third-order valence-electron chi connectivity index (χ3n) is 3.20. The first-order valence-electron chi connectivity index (χ1n) is 6.56. The highest BCUT2D eigenvalue weighted by Crippen LogP contribution is 2.27. The zero-order valence-electron chi connectivity index (χ0n) is 11.0. The van der Waals surface area contributed by atoms with E-state index < -0.39 is 0 Å². The SMILES string of the molecule is c1ccc(Nc2n[nH]c(-c3noc4c3COCC4)n2)nc1. The molecular formula is C13H12N6O2. The van der Waals surface area contributed by atoms with Crippen molar-refractivity contribution in [1.82, 2.24) is 25.3 Å². The minimum absolute atomic E-state index is 0.428. The summed E-state index contributed by atoms with van der Waals surface area (Å²) in [7, 11) is 0. The highest BCUT2D eigenvalue weighted by atomic mass is 16.5. The van der Waals surface area contributed by atoms with Crippen LogP contribution in [0.15, 0.2) is 28.9 Å². The molecule has 3 aromatic rings. The summed E-state index contributed by atoms with van der Waals surface area (Å²) in [6.07, 6.45) is 2.43. The lowest BCUT2D eigenvalue weighted by Gasteiger charge is -2.09. The van der Waals surface area contributed by atoms with E-state index >= 15 is 0 Å². The van der Waals surface area contributed by atoms with E-state index in [1.165, 1.54) is 0 Å². The number of pyridine rings is 1. The first kappa shape index (κ1) is 12.0. The van der Waals surface area contributed by atoms with Gasteiger partial charge in [0.2, 0.25) is 5.95 Å². The first-order chi connectivity index (χ1) is 10.4. The summed E-state index contributed by atoms with van der Waals surface area (Å²) in [5.41, 5.74) is 1.58. The molecule has 0 aromatic carbocycles. The number of aromatic amines is 1. The van der Waals surface area contributed by atoms with Crippen molar-refractivity contribution in [3.8, 4) is 11.5 Å². The van der Waals surface area contributed by atoms with Crippen LogP contribution >= 0.6 is 0 Å². The second kappa shape index (κ2) is 4.98. The molecule has 21 heavy (non-hydrogen) atoms. The van der Waals surface area contributed by atoms with Gasteiger partial charge in [0.05, 0.1) is 18.8 Å².